The van der Waals surface area contributed by atoms with Gasteiger partial charge in [-0.15, -0.1) is 0 Å². The standard InChI is InChI=1S/C11H11F3N2O2/c12-11(13,14)6-1-4-16-5-7(6)10(2-3-10)8(15)9(17)18/h1,4-5,8H,2-3,15H2,(H,17,18). The molecule has 0 bridgehead atoms. The largest absolute Gasteiger partial charge is 0.480 e. The smallest absolute Gasteiger partial charge is 0.416 e. The number of nitrogens with two attached hydrogens (primary N) is 1. The summed E-state index contributed by atoms with van der Waals surface area (Å²) in [6.07, 6.45) is -1.77. The van der Waals surface area contributed by atoms with Gasteiger partial charge in [-0.05, 0) is 24.5 Å². The van der Waals surface area contributed by atoms with E-state index in [0.717, 1.165) is 18.5 Å². The van der Waals surface area contributed by atoms with E-state index in [1.807, 2.05) is 0 Å². The molecule has 7 heteroatoms. The number of carboxylic acid groups (broad SMARTS) is 1. The fourth-order valence-electron chi connectivity index (χ4n) is 2.16. The lowest BCUT2D eigenvalue weighted by atomic mass is 9.86. The molecular formula is C11H11F3N2O2. The molecule has 4 nitrogen and oxygen atoms in total. The van der Waals surface area contributed by atoms with Crippen molar-refractivity contribution >= 4 is 5.97 Å². The average molecular weight is 260 g/mol. The Hall–Kier alpha value is -1.63. The van der Waals surface area contributed by atoms with E-state index in [9.17, 15) is 18.0 Å². The predicted octanol–water partition coefficient (Wildman–Crippen LogP) is 1.54. The highest BCUT2D eigenvalue weighted by molar-refractivity contribution is 5.77. The molecule has 1 heterocycles. The van der Waals surface area contributed by atoms with Gasteiger partial charge in [-0.3, -0.25) is 9.78 Å². The SMILES string of the molecule is NC(C(=O)O)C1(c2cnccc2C(F)(F)F)CC1. The summed E-state index contributed by atoms with van der Waals surface area (Å²) in [5.41, 5.74) is 3.40. The second kappa shape index (κ2) is 3.94. The number of aliphatic carboxylic acids is 1. The highest BCUT2D eigenvalue weighted by atomic mass is 19.4. The summed E-state index contributed by atoms with van der Waals surface area (Å²) < 4.78 is 38.6. The molecule has 0 spiro atoms. The van der Waals surface area contributed by atoms with Crippen molar-refractivity contribution in [2.45, 2.75) is 30.5 Å². The number of aromatic nitrogens is 1. The summed E-state index contributed by atoms with van der Waals surface area (Å²) in [5.74, 6) is -1.30. The minimum Gasteiger partial charge on any atom is -0.480 e. The number of rotatable bonds is 3. The number of hydrogen-bond donors (Lipinski definition) is 2. The highest BCUT2D eigenvalue weighted by Crippen LogP contribution is 2.53. The van der Waals surface area contributed by atoms with Crippen LogP contribution < -0.4 is 5.73 Å². The van der Waals surface area contributed by atoms with E-state index in [0.29, 0.717) is 12.8 Å². The van der Waals surface area contributed by atoms with Crippen molar-refractivity contribution in [3.05, 3.63) is 29.6 Å². The van der Waals surface area contributed by atoms with E-state index in [4.69, 9.17) is 10.8 Å². The first-order valence-electron chi connectivity index (χ1n) is 5.29. The van der Waals surface area contributed by atoms with Crippen LogP contribution in [-0.4, -0.2) is 22.1 Å². The number of nitrogens with zero attached hydrogens (tertiary/aromatic N) is 1. The minimum atomic E-state index is -4.54. The van der Waals surface area contributed by atoms with E-state index in [-0.39, 0.29) is 5.56 Å². The van der Waals surface area contributed by atoms with Gasteiger partial charge in [0.2, 0.25) is 0 Å². The predicted molar refractivity (Wildman–Crippen MR) is 55.8 cm³/mol. The van der Waals surface area contributed by atoms with Crippen molar-refractivity contribution in [1.29, 1.82) is 0 Å². The van der Waals surface area contributed by atoms with Crippen LogP contribution in [0.5, 0.6) is 0 Å². The number of hydrogen-bond acceptors (Lipinski definition) is 3. The van der Waals surface area contributed by atoms with Crippen molar-refractivity contribution in [1.82, 2.24) is 4.98 Å². The number of pyridine rings is 1. The normalized spacial score (nSPS) is 19.3. The molecule has 0 aliphatic heterocycles. The van der Waals surface area contributed by atoms with Gasteiger partial charge in [0, 0.05) is 17.8 Å². The Labute approximate surface area is 101 Å². The Balaban J connectivity index is 2.50. The summed E-state index contributed by atoms with van der Waals surface area (Å²) in [7, 11) is 0. The lowest BCUT2D eigenvalue weighted by Gasteiger charge is -2.23. The monoisotopic (exact) mass is 260 g/mol. The number of carbonyl (C=O) groups is 1. The number of alkyl halides is 3. The van der Waals surface area contributed by atoms with Crippen LogP contribution in [0.4, 0.5) is 13.2 Å². The molecule has 1 aromatic rings. The topological polar surface area (TPSA) is 76.2 Å². The van der Waals surface area contributed by atoms with Crippen molar-refractivity contribution in [2.75, 3.05) is 0 Å². The number of halogens is 3. The Bertz CT molecular complexity index is 483. The van der Waals surface area contributed by atoms with E-state index < -0.39 is 29.2 Å². The van der Waals surface area contributed by atoms with Crippen LogP contribution in [-0.2, 0) is 16.4 Å². The average Bonchev–Trinajstić information content (AvgIpc) is 3.08. The maximum absolute atomic E-state index is 12.9. The van der Waals surface area contributed by atoms with Crippen LogP contribution >= 0.6 is 0 Å². The lowest BCUT2D eigenvalue weighted by molar-refractivity contribution is -0.142. The van der Waals surface area contributed by atoms with Crippen LogP contribution in [0.3, 0.4) is 0 Å². The maximum Gasteiger partial charge on any atom is 0.416 e. The third-order valence-corrected chi connectivity index (χ3v) is 3.31. The van der Waals surface area contributed by atoms with Gasteiger partial charge in [-0.25, -0.2) is 0 Å². The Morgan fingerprint density at radius 2 is 2.11 bits per heavy atom. The fraction of sp³-hybridized carbons (Fsp3) is 0.455. The van der Waals surface area contributed by atoms with Crippen molar-refractivity contribution in [2.24, 2.45) is 5.73 Å². The molecule has 98 valence electrons. The third kappa shape index (κ3) is 1.94. The summed E-state index contributed by atoms with van der Waals surface area (Å²) in [5, 5.41) is 8.89. The summed E-state index contributed by atoms with van der Waals surface area (Å²) in [6.45, 7) is 0. The molecule has 2 rings (SSSR count). The second-order valence-electron chi connectivity index (χ2n) is 4.39. The van der Waals surface area contributed by atoms with Gasteiger partial charge < -0.3 is 10.8 Å². The van der Waals surface area contributed by atoms with E-state index in [1.54, 1.807) is 0 Å². The first-order valence-corrected chi connectivity index (χ1v) is 5.29. The summed E-state index contributed by atoms with van der Waals surface area (Å²) in [4.78, 5) is 14.6. The van der Waals surface area contributed by atoms with Gasteiger partial charge in [-0.2, -0.15) is 13.2 Å². The van der Waals surface area contributed by atoms with Gasteiger partial charge in [0.15, 0.2) is 0 Å². The molecule has 1 aromatic heterocycles. The first kappa shape index (κ1) is 12.8. The van der Waals surface area contributed by atoms with Gasteiger partial charge in [0.1, 0.15) is 6.04 Å². The minimum absolute atomic E-state index is 0.118. The third-order valence-electron chi connectivity index (χ3n) is 3.31. The Morgan fingerprint density at radius 1 is 1.50 bits per heavy atom. The zero-order valence-corrected chi connectivity index (χ0v) is 9.24. The van der Waals surface area contributed by atoms with E-state index >= 15 is 0 Å². The van der Waals surface area contributed by atoms with Crippen LogP contribution in [0.2, 0.25) is 0 Å². The van der Waals surface area contributed by atoms with E-state index in [2.05, 4.69) is 4.98 Å². The van der Waals surface area contributed by atoms with Crippen molar-refractivity contribution < 1.29 is 23.1 Å². The van der Waals surface area contributed by atoms with Gasteiger partial charge in [0.05, 0.1) is 5.56 Å². The quantitative estimate of drug-likeness (QED) is 0.864. The fourth-order valence-corrected chi connectivity index (χ4v) is 2.16. The molecule has 0 aromatic carbocycles. The molecule has 0 radical (unpaired) electrons. The van der Waals surface area contributed by atoms with Gasteiger partial charge in [-0.1, -0.05) is 0 Å². The summed E-state index contributed by atoms with van der Waals surface area (Å²) in [6, 6.07) is -0.493. The second-order valence-corrected chi connectivity index (χ2v) is 4.39. The molecule has 1 atom stereocenters. The zero-order chi connectivity index (χ0) is 13.6. The Kier molecular flexibility index (Phi) is 2.81. The van der Waals surface area contributed by atoms with Gasteiger partial charge >= 0.3 is 12.1 Å². The molecule has 18 heavy (non-hydrogen) atoms. The van der Waals surface area contributed by atoms with Crippen LogP contribution in [0.25, 0.3) is 0 Å². The van der Waals surface area contributed by atoms with Crippen LogP contribution in [0, 0.1) is 0 Å². The lowest BCUT2D eigenvalue weighted by Crippen LogP contribution is -2.42. The molecule has 1 unspecified atom stereocenters. The maximum atomic E-state index is 12.9. The number of carboxylic acids is 1. The van der Waals surface area contributed by atoms with E-state index in [1.165, 1.54) is 0 Å². The summed E-state index contributed by atoms with van der Waals surface area (Å²) >= 11 is 0. The molecule has 3 N–H and O–H groups in total. The molecule has 1 aliphatic rings. The molecule has 0 amide bonds. The van der Waals surface area contributed by atoms with Crippen LogP contribution in [0.15, 0.2) is 18.5 Å². The first-order chi connectivity index (χ1) is 8.29. The van der Waals surface area contributed by atoms with Gasteiger partial charge in [0.25, 0.3) is 0 Å². The molecular weight excluding hydrogens is 249 g/mol. The van der Waals surface area contributed by atoms with Crippen molar-refractivity contribution in [3.63, 3.8) is 0 Å². The van der Waals surface area contributed by atoms with Crippen molar-refractivity contribution in [3.8, 4) is 0 Å². The Morgan fingerprint density at radius 3 is 2.56 bits per heavy atom. The molecule has 0 saturated heterocycles. The van der Waals surface area contributed by atoms with Crippen LogP contribution in [0.1, 0.15) is 24.0 Å². The zero-order valence-electron chi connectivity index (χ0n) is 9.24. The molecule has 1 saturated carbocycles. The molecule has 1 aliphatic carbocycles. The highest BCUT2D eigenvalue weighted by Gasteiger charge is 2.55. The molecule has 1 fully saturated rings.